The van der Waals surface area contributed by atoms with Crippen LogP contribution in [-0.4, -0.2) is 52.9 Å². The lowest BCUT2D eigenvalue weighted by atomic mass is 10.0. The molecule has 2 aromatic rings. The third-order valence-electron chi connectivity index (χ3n) is 5.20. The minimum atomic E-state index is -0.483. The van der Waals surface area contributed by atoms with Gasteiger partial charge in [-0.3, -0.25) is 4.79 Å². The summed E-state index contributed by atoms with van der Waals surface area (Å²) in [5.41, 5.74) is 2.79. The molecule has 4 rings (SSSR count). The molecule has 2 fully saturated rings. The maximum absolute atomic E-state index is 12.8. The van der Waals surface area contributed by atoms with Crippen LogP contribution in [0.25, 0.3) is 0 Å². The maximum atomic E-state index is 12.8. The number of rotatable bonds is 4. The van der Waals surface area contributed by atoms with Crippen LogP contribution in [0, 0.1) is 6.92 Å². The van der Waals surface area contributed by atoms with Gasteiger partial charge in [0.2, 0.25) is 5.95 Å². The van der Waals surface area contributed by atoms with E-state index < -0.39 is 5.79 Å². The van der Waals surface area contributed by atoms with Crippen molar-refractivity contribution in [2.24, 2.45) is 0 Å². The fourth-order valence-electron chi connectivity index (χ4n) is 3.54. The number of amides is 1. The number of likely N-dealkylation sites (tertiary alicyclic amines) is 1. The van der Waals surface area contributed by atoms with Gasteiger partial charge in [0.05, 0.1) is 13.2 Å². The highest BCUT2D eigenvalue weighted by Gasteiger charge is 2.41. The third-order valence-corrected chi connectivity index (χ3v) is 5.20. The van der Waals surface area contributed by atoms with Crippen molar-refractivity contribution < 1.29 is 14.3 Å². The summed E-state index contributed by atoms with van der Waals surface area (Å²) in [6.07, 6.45) is 3.01. The highest BCUT2D eigenvalue weighted by atomic mass is 16.7. The second kappa shape index (κ2) is 7.62. The third kappa shape index (κ3) is 3.94. The summed E-state index contributed by atoms with van der Waals surface area (Å²) < 4.78 is 11.4. The summed E-state index contributed by atoms with van der Waals surface area (Å²) in [4.78, 5) is 23.3. The fourth-order valence-corrected chi connectivity index (χ4v) is 3.54. The van der Waals surface area contributed by atoms with E-state index in [2.05, 4.69) is 34.3 Å². The zero-order valence-corrected chi connectivity index (χ0v) is 15.5. The molecule has 142 valence electrons. The van der Waals surface area contributed by atoms with E-state index in [1.807, 2.05) is 17.0 Å². The van der Waals surface area contributed by atoms with Crippen LogP contribution in [0.1, 0.15) is 34.5 Å². The van der Waals surface area contributed by atoms with E-state index in [9.17, 15) is 4.79 Å². The maximum Gasteiger partial charge on any atom is 0.272 e. The van der Waals surface area contributed by atoms with Crippen LogP contribution in [0.15, 0.2) is 36.5 Å². The van der Waals surface area contributed by atoms with Gasteiger partial charge in [-0.05, 0) is 24.1 Å². The quantitative estimate of drug-likeness (QED) is 0.893. The van der Waals surface area contributed by atoms with E-state index in [-0.39, 0.29) is 5.91 Å². The highest BCUT2D eigenvalue weighted by molar-refractivity contribution is 5.92. The molecule has 0 unspecified atom stereocenters. The van der Waals surface area contributed by atoms with Crippen molar-refractivity contribution in [2.75, 3.05) is 31.6 Å². The number of carbonyl (C=O) groups is 1. The number of aryl methyl sites for hydroxylation is 1. The molecule has 2 aliphatic rings. The van der Waals surface area contributed by atoms with E-state index in [0.29, 0.717) is 57.3 Å². The Labute approximate surface area is 158 Å². The van der Waals surface area contributed by atoms with Crippen LogP contribution in [0.5, 0.6) is 0 Å². The average Bonchev–Trinajstić information content (AvgIpc) is 3.16. The number of piperidine rings is 1. The van der Waals surface area contributed by atoms with E-state index in [1.165, 1.54) is 11.1 Å². The molecule has 1 aromatic carbocycles. The minimum Gasteiger partial charge on any atom is -0.350 e. The summed E-state index contributed by atoms with van der Waals surface area (Å²) >= 11 is 0. The molecular formula is C20H24N4O3. The van der Waals surface area contributed by atoms with Crippen molar-refractivity contribution in [3.8, 4) is 0 Å². The Morgan fingerprint density at radius 2 is 1.93 bits per heavy atom. The molecular weight excluding hydrogens is 344 g/mol. The average molecular weight is 368 g/mol. The predicted molar refractivity (Wildman–Crippen MR) is 100 cm³/mol. The van der Waals surface area contributed by atoms with Crippen LogP contribution in [0.4, 0.5) is 5.95 Å². The molecule has 27 heavy (non-hydrogen) atoms. The number of anilines is 1. The van der Waals surface area contributed by atoms with Gasteiger partial charge in [-0.25, -0.2) is 9.97 Å². The number of carbonyl (C=O) groups excluding carboxylic acids is 1. The van der Waals surface area contributed by atoms with Crippen molar-refractivity contribution >= 4 is 11.9 Å². The Balaban J connectivity index is 1.38. The molecule has 7 nitrogen and oxygen atoms in total. The van der Waals surface area contributed by atoms with Gasteiger partial charge in [0, 0.05) is 38.7 Å². The molecule has 3 heterocycles. The Morgan fingerprint density at radius 1 is 1.19 bits per heavy atom. The number of nitrogens with zero attached hydrogens (tertiary/aromatic N) is 3. The van der Waals surface area contributed by atoms with Crippen molar-refractivity contribution in [2.45, 2.75) is 32.1 Å². The van der Waals surface area contributed by atoms with Crippen LogP contribution in [0.2, 0.25) is 0 Å². The number of ether oxygens (including phenoxy) is 2. The molecule has 0 bridgehead atoms. The summed E-state index contributed by atoms with van der Waals surface area (Å²) in [6, 6.07) is 9.81. The van der Waals surface area contributed by atoms with Gasteiger partial charge in [-0.1, -0.05) is 24.3 Å². The van der Waals surface area contributed by atoms with E-state index in [0.717, 1.165) is 0 Å². The Bertz CT molecular complexity index is 810. The molecule has 0 aliphatic carbocycles. The van der Waals surface area contributed by atoms with Crippen LogP contribution >= 0.6 is 0 Å². The van der Waals surface area contributed by atoms with Crippen LogP contribution < -0.4 is 5.32 Å². The second-order valence-electron chi connectivity index (χ2n) is 6.95. The molecule has 1 aromatic heterocycles. The summed E-state index contributed by atoms with van der Waals surface area (Å²) in [6.45, 7) is 5.17. The molecule has 1 amide bonds. The van der Waals surface area contributed by atoms with Gasteiger partial charge in [0.1, 0.15) is 5.69 Å². The van der Waals surface area contributed by atoms with Gasteiger partial charge in [-0.2, -0.15) is 0 Å². The normalized spacial score (nSPS) is 18.6. The molecule has 1 N–H and O–H groups in total. The monoisotopic (exact) mass is 368 g/mol. The first-order chi connectivity index (χ1) is 13.2. The number of benzene rings is 1. The summed E-state index contributed by atoms with van der Waals surface area (Å²) in [5, 5.41) is 3.21. The zero-order valence-electron chi connectivity index (χ0n) is 15.5. The molecule has 2 aliphatic heterocycles. The van der Waals surface area contributed by atoms with E-state index in [4.69, 9.17) is 9.47 Å². The lowest BCUT2D eigenvalue weighted by Crippen LogP contribution is -2.47. The number of hydrogen-bond donors (Lipinski definition) is 1. The second-order valence-corrected chi connectivity index (χ2v) is 6.95. The Hall–Kier alpha value is -2.51. The lowest BCUT2D eigenvalue weighted by molar-refractivity contribution is -0.181. The number of hydrogen-bond acceptors (Lipinski definition) is 6. The fraction of sp³-hybridized carbons (Fsp3) is 0.450. The lowest BCUT2D eigenvalue weighted by Gasteiger charge is -2.37. The van der Waals surface area contributed by atoms with Gasteiger partial charge < -0.3 is 19.7 Å². The van der Waals surface area contributed by atoms with E-state index >= 15 is 0 Å². The highest BCUT2D eigenvalue weighted by Crippen LogP contribution is 2.31. The molecule has 1 spiro atoms. The first-order valence-electron chi connectivity index (χ1n) is 9.34. The molecule has 0 saturated carbocycles. The Kier molecular flexibility index (Phi) is 5.05. The SMILES string of the molecule is Cc1ccccc1CNc1nccc(C(=O)N2CCC3(CC2)OCCO3)n1. The van der Waals surface area contributed by atoms with E-state index in [1.54, 1.807) is 12.3 Å². The topological polar surface area (TPSA) is 76.6 Å². The van der Waals surface area contributed by atoms with Gasteiger partial charge in [0.15, 0.2) is 5.79 Å². The largest absolute Gasteiger partial charge is 0.350 e. The van der Waals surface area contributed by atoms with Crippen molar-refractivity contribution in [1.82, 2.24) is 14.9 Å². The minimum absolute atomic E-state index is 0.0795. The standard InChI is InChI=1S/C20H24N4O3/c1-15-4-2-3-5-16(15)14-22-19-21-9-6-17(23-19)18(25)24-10-7-20(8-11-24)26-12-13-27-20/h2-6,9H,7-8,10-14H2,1H3,(H,21,22,23). The van der Waals surface area contributed by atoms with Crippen molar-refractivity contribution in [1.29, 1.82) is 0 Å². The summed E-state index contributed by atoms with van der Waals surface area (Å²) in [5.74, 6) is -0.105. The smallest absolute Gasteiger partial charge is 0.272 e. The molecule has 7 heteroatoms. The zero-order chi connectivity index (χ0) is 18.7. The summed E-state index contributed by atoms with van der Waals surface area (Å²) in [7, 11) is 0. The van der Waals surface area contributed by atoms with Gasteiger partial charge >= 0.3 is 0 Å². The first-order valence-corrected chi connectivity index (χ1v) is 9.34. The van der Waals surface area contributed by atoms with Crippen LogP contribution in [-0.2, 0) is 16.0 Å². The predicted octanol–water partition coefficient (Wildman–Crippen LogP) is 2.38. The molecule has 0 radical (unpaired) electrons. The van der Waals surface area contributed by atoms with Crippen molar-refractivity contribution in [3.05, 3.63) is 53.3 Å². The van der Waals surface area contributed by atoms with Crippen molar-refractivity contribution in [3.63, 3.8) is 0 Å². The van der Waals surface area contributed by atoms with Crippen LogP contribution in [0.3, 0.4) is 0 Å². The molecule has 2 saturated heterocycles. The number of aromatic nitrogens is 2. The van der Waals surface area contributed by atoms with Gasteiger partial charge in [0.25, 0.3) is 5.91 Å². The number of nitrogens with one attached hydrogen (secondary N) is 1. The van der Waals surface area contributed by atoms with Gasteiger partial charge in [-0.15, -0.1) is 0 Å². The first kappa shape index (κ1) is 17.9. The molecule has 0 atom stereocenters. The Morgan fingerprint density at radius 3 is 2.67 bits per heavy atom.